The van der Waals surface area contributed by atoms with Gasteiger partial charge in [-0.25, -0.2) is 4.98 Å². The summed E-state index contributed by atoms with van der Waals surface area (Å²) < 4.78 is 0. The minimum atomic E-state index is -0.256. The first kappa shape index (κ1) is 18.0. The van der Waals surface area contributed by atoms with Gasteiger partial charge in [0.2, 0.25) is 5.91 Å². The molecule has 0 bridgehead atoms. The second kappa shape index (κ2) is 7.29. The van der Waals surface area contributed by atoms with Crippen molar-refractivity contribution in [3.63, 3.8) is 0 Å². The molecule has 0 saturated carbocycles. The first-order valence-electron chi connectivity index (χ1n) is 9.97. The summed E-state index contributed by atoms with van der Waals surface area (Å²) in [4.78, 5) is 26.2. The summed E-state index contributed by atoms with van der Waals surface area (Å²) in [5.41, 5.74) is 2.30. The van der Waals surface area contributed by atoms with Crippen molar-refractivity contribution in [3.8, 4) is 0 Å². The normalized spacial score (nSPS) is 22.9. The molecule has 0 aliphatic carbocycles. The van der Waals surface area contributed by atoms with Gasteiger partial charge >= 0.3 is 0 Å². The Morgan fingerprint density at radius 2 is 1.93 bits per heavy atom. The molecule has 1 spiro atoms. The van der Waals surface area contributed by atoms with Gasteiger partial charge in [-0.2, -0.15) is 0 Å². The van der Waals surface area contributed by atoms with Crippen molar-refractivity contribution < 1.29 is 4.79 Å². The standard InChI is InChI=1S/C22H28N4O/c1-17(2)19-6-4-18(5-7-19)15-25-12-3-8-22(21(25)27)9-13-26(16-22)20-14-23-10-11-24-20/h4-7,10-11,14,17H,3,8-9,12-13,15-16H2,1-2H3. The molecule has 2 aliphatic heterocycles. The number of carbonyl (C=O) groups is 1. The van der Waals surface area contributed by atoms with Crippen molar-refractivity contribution in [2.75, 3.05) is 24.5 Å². The van der Waals surface area contributed by atoms with Crippen LogP contribution in [0, 0.1) is 5.41 Å². The number of likely N-dealkylation sites (tertiary alicyclic amines) is 1. The van der Waals surface area contributed by atoms with E-state index >= 15 is 0 Å². The molecular formula is C22H28N4O. The Balaban J connectivity index is 1.46. The zero-order valence-corrected chi connectivity index (χ0v) is 16.3. The molecule has 2 aromatic rings. The maximum atomic E-state index is 13.4. The van der Waals surface area contributed by atoms with Gasteiger partial charge in [0.1, 0.15) is 5.82 Å². The van der Waals surface area contributed by atoms with E-state index < -0.39 is 0 Å². The molecule has 0 N–H and O–H groups in total. The second-order valence-corrected chi connectivity index (χ2v) is 8.24. The number of nitrogens with zero attached hydrogens (tertiary/aromatic N) is 4. The van der Waals surface area contributed by atoms with Crippen LogP contribution in [-0.2, 0) is 11.3 Å². The third-order valence-corrected chi connectivity index (χ3v) is 6.07. The fourth-order valence-electron chi connectivity index (χ4n) is 4.43. The fraction of sp³-hybridized carbons (Fsp3) is 0.500. The molecule has 27 heavy (non-hydrogen) atoms. The molecule has 3 heterocycles. The van der Waals surface area contributed by atoms with E-state index in [1.54, 1.807) is 18.6 Å². The van der Waals surface area contributed by atoms with Crippen LogP contribution in [-0.4, -0.2) is 40.4 Å². The molecule has 0 radical (unpaired) electrons. The lowest BCUT2D eigenvalue weighted by atomic mass is 9.78. The third-order valence-electron chi connectivity index (χ3n) is 6.07. The summed E-state index contributed by atoms with van der Waals surface area (Å²) in [6.45, 7) is 7.61. The summed E-state index contributed by atoms with van der Waals surface area (Å²) in [7, 11) is 0. The average molecular weight is 364 g/mol. The monoisotopic (exact) mass is 364 g/mol. The summed E-state index contributed by atoms with van der Waals surface area (Å²) >= 11 is 0. The van der Waals surface area contributed by atoms with Gasteiger partial charge in [-0.1, -0.05) is 38.1 Å². The molecule has 142 valence electrons. The maximum Gasteiger partial charge on any atom is 0.230 e. The highest BCUT2D eigenvalue weighted by Crippen LogP contribution is 2.41. The highest BCUT2D eigenvalue weighted by atomic mass is 16.2. The lowest BCUT2D eigenvalue weighted by molar-refractivity contribution is -0.145. The van der Waals surface area contributed by atoms with E-state index in [9.17, 15) is 4.79 Å². The van der Waals surface area contributed by atoms with Crippen molar-refractivity contribution >= 4 is 11.7 Å². The van der Waals surface area contributed by atoms with Crippen LogP contribution in [0.2, 0.25) is 0 Å². The highest BCUT2D eigenvalue weighted by molar-refractivity contribution is 5.85. The van der Waals surface area contributed by atoms with E-state index in [1.807, 2.05) is 0 Å². The zero-order chi connectivity index (χ0) is 18.9. The van der Waals surface area contributed by atoms with Crippen LogP contribution >= 0.6 is 0 Å². The Bertz CT molecular complexity index is 790. The Hall–Kier alpha value is -2.43. The van der Waals surface area contributed by atoms with Crippen molar-refractivity contribution in [2.45, 2.75) is 45.6 Å². The number of aromatic nitrogens is 2. The third kappa shape index (κ3) is 3.55. The fourth-order valence-corrected chi connectivity index (χ4v) is 4.43. The highest BCUT2D eigenvalue weighted by Gasteiger charge is 2.48. The summed E-state index contributed by atoms with van der Waals surface area (Å²) in [6.07, 6.45) is 8.16. The van der Waals surface area contributed by atoms with Crippen LogP contribution < -0.4 is 4.90 Å². The summed E-state index contributed by atoms with van der Waals surface area (Å²) in [5, 5.41) is 0. The van der Waals surface area contributed by atoms with Gasteiger partial charge in [0.05, 0.1) is 11.6 Å². The van der Waals surface area contributed by atoms with Gasteiger partial charge < -0.3 is 9.80 Å². The molecule has 2 aliphatic rings. The number of hydrogen-bond acceptors (Lipinski definition) is 4. The minimum absolute atomic E-state index is 0.256. The van der Waals surface area contributed by atoms with E-state index in [0.717, 1.165) is 44.7 Å². The van der Waals surface area contributed by atoms with Crippen LogP contribution in [0.3, 0.4) is 0 Å². The molecule has 5 nitrogen and oxygen atoms in total. The van der Waals surface area contributed by atoms with Gasteiger partial charge in [0, 0.05) is 38.6 Å². The SMILES string of the molecule is CC(C)c1ccc(CN2CCCC3(CCN(c4cnccn4)C3)C2=O)cc1. The predicted molar refractivity (Wildman–Crippen MR) is 106 cm³/mol. The molecule has 1 unspecified atom stereocenters. The number of benzene rings is 1. The van der Waals surface area contributed by atoms with E-state index in [1.165, 1.54) is 11.1 Å². The van der Waals surface area contributed by atoms with Gasteiger partial charge in [-0.05, 0) is 36.3 Å². The summed E-state index contributed by atoms with van der Waals surface area (Å²) in [5.74, 6) is 1.72. The Morgan fingerprint density at radius 3 is 2.63 bits per heavy atom. The van der Waals surface area contributed by atoms with Crippen LogP contribution in [0.4, 0.5) is 5.82 Å². The predicted octanol–water partition coefficient (Wildman–Crippen LogP) is 3.62. The van der Waals surface area contributed by atoms with Crippen molar-refractivity contribution in [1.82, 2.24) is 14.9 Å². The van der Waals surface area contributed by atoms with Gasteiger partial charge in [-0.3, -0.25) is 9.78 Å². The van der Waals surface area contributed by atoms with Crippen molar-refractivity contribution in [1.29, 1.82) is 0 Å². The molecule has 4 rings (SSSR count). The lowest BCUT2D eigenvalue weighted by Crippen LogP contribution is -2.49. The molecule has 1 amide bonds. The van der Waals surface area contributed by atoms with Crippen LogP contribution in [0.5, 0.6) is 0 Å². The van der Waals surface area contributed by atoms with E-state index in [0.29, 0.717) is 18.4 Å². The lowest BCUT2D eigenvalue weighted by Gasteiger charge is -2.39. The first-order valence-corrected chi connectivity index (χ1v) is 9.97. The summed E-state index contributed by atoms with van der Waals surface area (Å²) in [6, 6.07) is 8.72. The van der Waals surface area contributed by atoms with E-state index in [2.05, 4.69) is 57.9 Å². The second-order valence-electron chi connectivity index (χ2n) is 8.24. The molecule has 5 heteroatoms. The van der Waals surface area contributed by atoms with Gasteiger partial charge in [0.25, 0.3) is 0 Å². The molecule has 1 atom stereocenters. The molecule has 1 aromatic heterocycles. The maximum absolute atomic E-state index is 13.4. The van der Waals surface area contributed by atoms with E-state index in [4.69, 9.17) is 0 Å². The van der Waals surface area contributed by atoms with E-state index in [-0.39, 0.29) is 5.41 Å². The number of hydrogen-bond donors (Lipinski definition) is 0. The molecule has 1 aromatic carbocycles. The number of carbonyl (C=O) groups excluding carboxylic acids is 1. The molecule has 2 saturated heterocycles. The van der Waals surface area contributed by atoms with Crippen molar-refractivity contribution in [2.24, 2.45) is 5.41 Å². The van der Waals surface area contributed by atoms with Gasteiger partial charge in [0.15, 0.2) is 0 Å². The van der Waals surface area contributed by atoms with Crippen LogP contribution in [0.15, 0.2) is 42.9 Å². The first-order chi connectivity index (χ1) is 13.1. The quantitative estimate of drug-likeness (QED) is 0.831. The number of rotatable bonds is 4. The van der Waals surface area contributed by atoms with Crippen LogP contribution in [0.25, 0.3) is 0 Å². The minimum Gasteiger partial charge on any atom is -0.354 e. The largest absolute Gasteiger partial charge is 0.354 e. The molecule has 2 fully saturated rings. The smallest absolute Gasteiger partial charge is 0.230 e. The Morgan fingerprint density at radius 1 is 1.11 bits per heavy atom. The molecular weight excluding hydrogens is 336 g/mol. The average Bonchev–Trinajstić information content (AvgIpc) is 3.12. The zero-order valence-electron chi connectivity index (χ0n) is 16.3. The van der Waals surface area contributed by atoms with Crippen molar-refractivity contribution in [3.05, 3.63) is 54.0 Å². The van der Waals surface area contributed by atoms with Crippen LogP contribution in [0.1, 0.15) is 50.2 Å². The number of amides is 1. The van der Waals surface area contributed by atoms with Gasteiger partial charge in [-0.15, -0.1) is 0 Å². The Kier molecular flexibility index (Phi) is 4.85. The topological polar surface area (TPSA) is 49.3 Å². The number of anilines is 1. The number of piperidine rings is 1. The Labute approximate surface area is 161 Å².